The predicted molar refractivity (Wildman–Crippen MR) is 78.6 cm³/mol. The quantitative estimate of drug-likeness (QED) is 0.654. The molecule has 21 heavy (non-hydrogen) atoms. The number of nitrogens with one attached hydrogen (secondary N) is 1. The average molecular weight is 285 g/mol. The lowest BCUT2D eigenvalue weighted by atomic mass is 9.81. The van der Waals surface area contributed by atoms with E-state index in [9.17, 15) is 0 Å². The van der Waals surface area contributed by atoms with Gasteiger partial charge in [0.15, 0.2) is 0 Å². The van der Waals surface area contributed by atoms with Crippen molar-refractivity contribution in [1.29, 1.82) is 0 Å². The first-order valence-electron chi connectivity index (χ1n) is 7.09. The average Bonchev–Trinajstić information content (AvgIpc) is 2.56. The summed E-state index contributed by atoms with van der Waals surface area (Å²) >= 11 is 0. The summed E-state index contributed by atoms with van der Waals surface area (Å²) in [5.41, 5.74) is 6.14. The lowest BCUT2D eigenvalue weighted by Crippen LogP contribution is -2.35. The van der Waals surface area contributed by atoms with Gasteiger partial charge in [-0.2, -0.15) is 0 Å². The molecule has 0 fully saturated rings. The highest BCUT2D eigenvalue weighted by Gasteiger charge is 2.30. The van der Waals surface area contributed by atoms with E-state index < -0.39 is 0 Å². The molecule has 0 spiro atoms. The molecule has 2 heterocycles. The van der Waals surface area contributed by atoms with Gasteiger partial charge < -0.3 is 4.74 Å². The zero-order valence-electron chi connectivity index (χ0n) is 12.0. The van der Waals surface area contributed by atoms with Gasteiger partial charge in [-0.15, -0.1) is 0 Å². The number of methoxy groups -OCH3 is 1. The third-order valence-corrected chi connectivity index (χ3v) is 4.01. The number of ether oxygens (including phenoxy) is 1. The second-order valence-electron chi connectivity index (χ2n) is 5.18. The van der Waals surface area contributed by atoms with Crippen LogP contribution in [0.1, 0.15) is 41.8 Å². The molecule has 0 amide bonds. The Hall–Kier alpha value is -2.05. The van der Waals surface area contributed by atoms with Crippen molar-refractivity contribution in [2.24, 2.45) is 5.84 Å². The van der Waals surface area contributed by atoms with Crippen molar-refractivity contribution in [3.05, 3.63) is 47.7 Å². The number of fused-ring (bicyclic) bond motifs is 1. The smallest absolute Gasteiger partial charge is 0.216 e. The first-order valence-corrected chi connectivity index (χ1v) is 7.09. The summed E-state index contributed by atoms with van der Waals surface area (Å²) in [6.45, 7) is 0. The van der Waals surface area contributed by atoms with Crippen molar-refractivity contribution in [1.82, 2.24) is 20.4 Å². The molecule has 0 saturated carbocycles. The Bertz CT molecular complexity index is 619. The van der Waals surface area contributed by atoms with E-state index in [0.717, 1.165) is 30.7 Å². The summed E-state index contributed by atoms with van der Waals surface area (Å²) in [7, 11) is 1.59. The van der Waals surface area contributed by atoms with E-state index in [4.69, 9.17) is 10.6 Å². The Balaban J connectivity index is 1.97. The Kier molecular flexibility index (Phi) is 4.08. The number of aryl methyl sites for hydroxylation is 1. The van der Waals surface area contributed by atoms with Crippen LogP contribution in [0, 0.1) is 0 Å². The monoisotopic (exact) mass is 285 g/mol. The van der Waals surface area contributed by atoms with Crippen LogP contribution in [-0.2, 0) is 6.42 Å². The Morgan fingerprint density at radius 1 is 1.38 bits per heavy atom. The molecule has 3 N–H and O–H groups in total. The largest absolute Gasteiger partial charge is 0.481 e. The van der Waals surface area contributed by atoms with Gasteiger partial charge in [0.05, 0.1) is 18.8 Å². The van der Waals surface area contributed by atoms with E-state index in [1.165, 1.54) is 11.9 Å². The zero-order chi connectivity index (χ0) is 14.7. The van der Waals surface area contributed by atoms with Crippen LogP contribution in [0.25, 0.3) is 0 Å². The van der Waals surface area contributed by atoms with Gasteiger partial charge in [-0.25, -0.2) is 9.97 Å². The standard InChI is InChI=1S/C15H19N5O/c1-21-13-8-12(18-9-19-13)15(20-16)11-6-2-4-10-5-3-7-17-14(10)11/h3,5,7-9,11,15,20H,2,4,6,16H2,1H3. The van der Waals surface area contributed by atoms with Crippen LogP contribution >= 0.6 is 0 Å². The highest BCUT2D eigenvalue weighted by atomic mass is 16.5. The predicted octanol–water partition coefficient (Wildman–Crippen LogP) is 1.50. The van der Waals surface area contributed by atoms with E-state index in [1.54, 1.807) is 7.11 Å². The Labute approximate surface area is 123 Å². The molecule has 2 aromatic rings. The topological polar surface area (TPSA) is 86.0 Å². The fraction of sp³-hybridized carbons (Fsp3) is 0.400. The normalized spacial score (nSPS) is 18.9. The zero-order valence-corrected chi connectivity index (χ0v) is 12.0. The molecule has 0 aromatic carbocycles. The van der Waals surface area contributed by atoms with Gasteiger partial charge in [0.2, 0.25) is 5.88 Å². The molecule has 6 nitrogen and oxygen atoms in total. The van der Waals surface area contributed by atoms with Crippen molar-refractivity contribution in [2.75, 3.05) is 7.11 Å². The van der Waals surface area contributed by atoms with E-state index in [-0.39, 0.29) is 12.0 Å². The van der Waals surface area contributed by atoms with Gasteiger partial charge in [-0.1, -0.05) is 6.07 Å². The fourth-order valence-corrected chi connectivity index (χ4v) is 3.01. The molecule has 2 unspecified atom stereocenters. The lowest BCUT2D eigenvalue weighted by Gasteiger charge is -2.30. The molecular weight excluding hydrogens is 266 g/mol. The number of hydrazine groups is 1. The van der Waals surface area contributed by atoms with Crippen LogP contribution in [0.15, 0.2) is 30.7 Å². The number of nitrogens with two attached hydrogens (primary N) is 1. The molecule has 0 aliphatic heterocycles. The van der Waals surface area contributed by atoms with E-state index in [1.807, 2.05) is 18.3 Å². The van der Waals surface area contributed by atoms with Crippen LogP contribution in [0.3, 0.4) is 0 Å². The highest BCUT2D eigenvalue weighted by Crippen LogP contribution is 2.38. The van der Waals surface area contributed by atoms with Crippen LogP contribution in [0.2, 0.25) is 0 Å². The van der Waals surface area contributed by atoms with Gasteiger partial charge in [0.25, 0.3) is 0 Å². The minimum Gasteiger partial charge on any atom is -0.481 e. The summed E-state index contributed by atoms with van der Waals surface area (Å²) in [5, 5.41) is 0. The molecule has 1 aliphatic rings. The number of rotatable bonds is 4. The second-order valence-corrected chi connectivity index (χ2v) is 5.18. The maximum Gasteiger partial charge on any atom is 0.216 e. The van der Waals surface area contributed by atoms with Crippen molar-refractivity contribution in [2.45, 2.75) is 31.2 Å². The maximum atomic E-state index is 5.81. The summed E-state index contributed by atoms with van der Waals surface area (Å²) in [4.78, 5) is 13.0. The first kappa shape index (κ1) is 13.9. The summed E-state index contributed by atoms with van der Waals surface area (Å²) in [5.74, 6) is 6.55. The van der Waals surface area contributed by atoms with Gasteiger partial charge in [0, 0.05) is 23.9 Å². The molecular formula is C15H19N5O. The van der Waals surface area contributed by atoms with E-state index in [2.05, 4.69) is 26.4 Å². The van der Waals surface area contributed by atoms with Crippen molar-refractivity contribution in [3.63, 3.8) is 0 Å². The third kappa shape index (κ3) is 2.72. The number of hydrogen-bond donors (Lipinski definition) is 2. The SMILES string of the molecule is COc1cc(C(NN)C2CCCc3cccnc32)ncn1. The molecule has 3 rings (SSSR count). The Morgan fingerprint density at radius 3 is 3.10 bits per heavy atom. The third-order valence-electron chi connectivity index (χ3n) is 4.01. The number of pyridine rings is 1. The molecule has 0 bridgehead atoms. The molecule has 2 aromatic heterocycles. The molecule has 110 valence electrons. The van der Waals surface area contributed by atoms with Crippen molar-refractivity contribution >= 4 is 0 Å². The van der Waals surface area contributed by atoms with Crippen molar-refractivity contribution in [3.8, 4) is 5.88 Å². The maximum absolute atomic E-state index is 5.81. The van der Waals surface area contributed by atoms with E-state index in [0.29, 0.717) is 5.88 Å². The number of nitrogens with zero attached hydrogens (tertiary/aromatic N) is 3. The fourth-order valence-electron chi connectivity index (χ4n) is 3.01. The van der Waals surface area contributed by atoms with Crippen molar-refractivity contribution < 1.29 is 4.74 Å². The highest BCUT2D eigenvalue weighted by molar-refractivity contribution is 5.30. The summed E-state index contributed by atoms with van der Waals surface area (Å²) in [6, 6.07) is 5.85. The van der Waals surface area contributed by atoms with Crippen LogP contribution in [-0.4, -0.2) is 22.1 Å². The minimum atomic E-state index is -0.101. The first-order chi connectivity index (χ1) is 10.3. The lowest BCUT2D eigenvalue weighted by molar-refractivity contribution is 0.377. The van der Waals surface area contributed by atoms with Crippen LogP contribution in [0.4, 0.5) is 0 Å². The minimum absolute atomic E-state index is 0.101. The number of aromatic nitrogens is 3. The molecule has 0 saturated heterocycles. The molecule has 0 radical (unpaired) electrons. The van der Waals surface area contributed by atoms with E-state index >= 15 is 0 Å². The Morgan fingerprint density at radius 2 is 2.29 bits per heavy atom. The number of hydrogen-bond acceptors (Lipinski definition) is 6. The van der Waals surface area contributed by atoms with Crippen LogP contribution < -0.4 is 16.0 Å². The molecule has 1 aliphatic carbocycles. The molecule has 6 heteroatoms. The molecule has 2 atom stereocenters. The van der Waals surface area contributed by atoms with Gasteiger partial charge in [0.1, 0.15) is 6.33 Å². The van der Waals surface area contributed by atoms with Crippen LogP contribution in [0.5, 0.6) is 5.88 Å². The van der Waals surface area contributed by atoms with Gasteiger partial charge >= 0.3 is 0 Å². The van der Waals surface area contributed by atoms with Gasteiger partial charge in [-0.05, 0) is 30.9 Å². The van der Waals surface area contributed by atoms with Gasteiger partial charge in [-0.3, -0.25) is 16.3 Å². The summed E-state index contributed by atoms with van der Waals surface area (Å²) in [6.07, 6.45) is 6.57. The summed E-state index contributed by atoms with van der Waals surface area (Å²) < 4.78 is 5.17. The second kappa shape index (κ2) is 6.15.